The van der Waals surface area contributed by atoms with Crippen molar-refractivity contribution in [1.29, 1.82) is 0 Å². The SMILES string of the molecule is Cc1nn(C(C)(C)C)c2nc(C(C)C)cc(C(=O)Nc3ccc4c(c3)CCC(=O)N4)c12. The molecule has 2 aromatic heterocycles. The Labute approximate surface area is 182 Å². The number of carbonyl (C=O) groups is 2. The van der Waals surface area contributed by atoms with E-state index in [1.807, 2.05) is 35.9 Å². The van der Waals surface area contributed by atoms with Crippen molar-refractivity contribution in [3.63, 3.8) is 0 Å². The number of aryl methyl sites for hydroxylation is 2. The molecule has 4 rings (SSSR count). The summed E-state index contributed by atoms with van der Waals surface area (Å²) in [6, 6.07) is 7.46. The molecule has 0 fully saturated rings. The Morgan fingerprint density at radius 1 is 1.19 bits per heavy atom. The summed E-state index contributed by atoms with van der Waals surface area (Å²) in [6.07, 6.45) is 1.12. The molecule has 0 spiro atoms. The summed E-state index contributed by atoms with van der Waals surface area (Å²) in [5, 5.41) is 11.4. The van der Waals surface area contributed by atoms with Crippen LogP contribution in [0.2, 0.25) is 0 Å². The molecule has 3 aromatic rings. The van der Waals surface area contributed by atoms with Crippen LogP contribution in [0.4, 0.5) is 11.4 Å². The number of anilines is 2. The Kier molecular flexibility index (Phi) is 5.07. The van der Waals surface area contributed by atoms with Gasteiger partial charge in [-0.15, -0.1) is 0 Å². The van der Waals surface area contributed by atoms with Crippen LogP contribution in [0.15, 0.2) is 24.3 Å². The fraction of sp³-hybridized carbons (Fsp3) is 0.417. The van der Waals surface area contributed by atoms with Gasteiger partial charge in [-0.2, -0.15) is 5.10 Å². The molecule has 0 saturated carbocycles. The highest BCUT2D eigenvalue weighted by atomic mass is 16.2. The molecule has 7 nitrogen and oxygen atoms in total. The normalized spacial score (nSPS) is 14.0. The van der Waals surface area contributed by atoms with Crippen molar-refractivity contribution in [2.24, 2.45) is 0 Å². The smallest absolute Gasteiger partial charge is 0.256 e. The van der Waals surface area contributed by atoms with Gasteiger partial charge in [-0.1, -0.05) is 13.8 Å². The second-order valence-electron chi connectivity index (χ2n) is 9.49. The lowest BCUT2D eigenvalue weighted by Crippen LogP contribution is -2.24. The van der Waals surface area contributed by atoms with Gasteiger partial charge in [-0.3, -0.25) is 9.59 Å². The van der Waals surface area contributed by atoms with Crippen LogP contribution in [-0.4, -0.2) is 26.6 Å². The van der Waals surface area contributed by atoms with Crippen molar-refractivity contribution < 1.29 is 9.59 Å². The first-order chi connectivity index (χ1) is 14.5. The lowest BCUT2D eigenvalue weighted by atomic mass is 10.0. The number of nitrogens with one attached hydrogen (secondary N) is 2. The summed E-state index contributed by atoms with van der Waals surface area (Å²) in [7, 11) is 0. The molecular formula is C24H29N5O2. The fourth-order valence-electron chi connectivity index (χ4n) is 3.91. The molecule has 0 unspecified atom stereocenters. The van der Waals surface area contributed by atoms with Gasteiger partial charge in [0.25, 0.3) is 5.91 Å². The molecule has 0 radical (unpaired) electrons. The molecule has 1 aliphatic heterocycles. The van der Waals surface area contributed by atoms with E-state index in [0.717, 1.165) is 33.7 Å². The van der Waals surface area contributed by atoms with Gasteiger partial charge in [0.05, 0.1) is 22.2 Å². The number of hydrogen-bond acceptors (Lipinski definition) is 4. The molecule has 2 N–H and O–H groups in total. The van der Waals surface area contributed by atoms with Crippen LogP contribution < -0.4 is 10.6 Å². The molecule has 0 atom stereocenters. The number of fused-ring (bicyclic) bond motifs is 2. The van der Waals surface area contributed by atoms with Gasteiger partial charge in [0.2, 0.25) is 5.91 Å². The summed E-state index contributed by atoms with van der Waals surface area (Å²) in [5.41, 5.74) is 5.23. The zero-order chi connectivity index (χ0) is 22.5. The molecule has 0 bridgehead atoms. The van der Waals surface area contributed by atoms with E-state index in [0.29, 0.717) is 24.1 Å². The minimum Gasteiger partial charge on any atom is -0.326 e. The Morgan fingerprint density at radius 2 is 1.94 bits per heavy atom. The monoisotopic (exact) mass is 419 g/mol. The van der Waals surface area contributed by atoms with E-state index < -0.39 is 0 Å². The van der Waals surface area contributed by atoms with Crippen LogP contribution in [0.5, 0.6) is 0 Å². The third-order valence-corrected chi connectivity index (χ3v) is 5.56. The van der Waals surface area contributed by atoms with Crippen LogP contribution >= 0.6 is 0 Å². The predicted octanol–water partition coefficient (Wildman–Crippen LogP) is 4.76. The first kappa shape index (κ1) is 21.0. The average Bonchev–Trinajstić information content (AvgIpc) is 3.04. The highest BCUT2D eigenvalue weighted by Crippen LogP contribution is 2.30. The molecule has 31 heavy (non-hydrogen) atoms. The van der Waals surface area contributed by atoms with Crippen LogP contribution in [0, 0.1) is 6.92 Å². The number of hydrogen-bond donors (Lipinski definition) is 2. The number of benzene rings is 1. The summed E-state index contributed by atoms with van der Waals surface area (Å²) in [4.78, 5) is 29.8. The summed E-state index contributed by atoms with van der Waals surface area (Å²) in [6.45, 7) is 12.3. The second kappa shape index (κ2) is 7.48. The standard InChI is InChI=1S/C24H29N5O2/c1-13(2)19-12-17(21-14(3)28-29(22(21)27-19)24(4,5)6)23(31)25-16-8-9-18-15(11-16)7-10-20(30)26-18/h8-9,11-13H,7,10H2,1-6H3,(H,25,31)(H,26,30). The number of carbonyl (C=O) groups excluding carboxylic acids is 2. The maximum atomic E-state index is 13.4. The van der Waals surface area contributed by atoms with Gasteiger partial charge < -0.3 is 10.6 Å². The van der Waals surface area contributed by atoms with E-state index in [2.05, 4.69) is 45.3 Å². The van der Waals surface area contributed by atoms with Gasteiger partial charge in [0.1, 0.15) is 0 Å². The first-order valence-corrected chi connectivity index (χ1v) is 10.7. The Morgan fingerprint density at radius 3 is 2.61 bits per heavy atom. The maximum absolute atomic E-state index is 13.4. The molecular weight excluding hydrogens is 390 g/mol. The third kappa shape index (κ3) is 3.92. The number of aromatic nitrogens is 3. The minimum atomic E-state index is -0.258. The van der Waals surface area contributed by atoms with Gasteiger partial charge in [0, 0.05) is 23.5 Å². The van der Waals surface area contributed by atoms with Crippen LogP contribution in [0.1, 0.15) is 74.3 Å². The van der Waals surface area contributed by atoms with Gasteiger partial charge in [-0.25, -0.2) is 9.67 Å². The van der Waals surface area contributed by atoms with Gasteiger partial charge >= 0.3 is 0 Å². The average molecular weight is 420 g/mol. The molecule has 7 heteroatoms. The van der Waals surface area contributed by atoms with E-state index in [9.17, 15) is 9.59 Å². The number of nitrogens with zero attached hydrogens (tertiary/aromatic N) is 3. The number of amides is 2. The zero-order valence-electron chi connectivity index (χ0n) is 19.0. The fourth-order valence-corrected chi connectivity index (χ4v) is 3.91. The summed E-state index contributed by atoms with van der Waals surface area (Å²) < 4.78 is 1.90. The maximum Gasteiger partial charge on any atom is 0.256 e. The largest absolute Gasteiger partial charge is 0.326 e. The van der Waals surface area contributed by atoms with Gasteiger partial charge in [-0.05, 0) is 69.9 Å². The molecule has 0 saturated heterocycles. The Bertz CT molecular complexity index is 1200. The van der Waals surface area contributed by atoms with Crippen molar-refractivity contribution in [2.45, 2.75) is 65.8 Å². The molecule has 3 heterocycles. The molecule has 1 aliphatic rings. The molecule has 1 aromatic carbocycles. The molecule has 2 amide bonds. The minimum absolute atomic E-state index is 0.0241. The highest BCUT2D eigenvalue weighted by molar-refractivity contribution is 6.13. The second-order valence-corrected chi connectivity index (χ2v) is 9.49. The third-order valence-electron chi connectivity index (χ3n) is 5.56. The van der Waals surface area contributed by atoms with Crippen LogP contribution in [0.25, 0.3) is 11.0 Å². The van der Waals surface area contributed by atoms with Crippen molar-refractivity contribution in [2.75, 3.05) is 10.6 Å². The van der Waals surface area contributed by atoms with E-state index in [4.69, 9.17) is 10.1 Å². The molecule has 162 valence electrons. The van der Waals surface area contributed by atoms with Crippen LogP contribution in [0.3, 0.4) is 0 Å². The summed E-state index contributed by atoms with van der Waals surface area (Å²) in [5.74, 6) is 0.00796. The zero-order valence-corrected chi connectivity index (χ0v) is 19.0. The van der Waals surface area contributed by atoms with E-state index in [-0.39, 0.29) is 23.3 Å². The van der Waals surface area contributed by atoms with E-state index >= 15 is 0 Å². The van der Waals surface area contributed by atoms with E-state index in [1.165, 1.54) is 0 Å². The molecule has 0 aliphatic carbocycles. The van der Waals surface area contributed by atoms with Crippen molar-refractivity contribution in [1.82, 2.24) is 14.8 Å². The van der Waals surface area contributed by atoms with E-state index in [1.54, 1.807) is 0 Å². The van der Waals surface area contributed by atoms with Crippen molar-refractivity contribution in [3.8, 4) is 0 Å². The quantitative estimate of drug-likeness (QED) is 0.641. The predicted molar refractivity (Wildman–Crippen MR) is 123 cm³/mol. The highest BCUT2D eigenvalue weighted by Gasteiger charge is 2.25. The first-order valence-electron chi connectivity index (χ1n) is 10.7. The van der Waals surface area contributed by atoms with Crippen molar-refractivity contribution in [3.05, 3.63) is 46.8 Å². The lowest BCUT2D eigenvalue weighted by Gasteiger charge is -2.20. The van der Waals surface area contributed by atoms with Gasteiger partial charge in [0.15, 0.2) is 5.65 Å². The lowest BCUT2D eigenvalue weighted by molar-refractivity contribution is -0.116. The number of pyridine rings is 1. The summed E-state index contributed by atoms with van der Waals surface area (Å²) >= 11 is 0. The number of rotatable bonds is 3. The van der Waals surface area contributed by atoms with Crippen molar-refractivity contribution >= 4 is 34.2 Å². The Balaban J connectivity index is 1.77. The van der Waals surface area contributed by atoms with Crippen LogP contribution in [-0.2, 0) is 16.8 Å². The topological polar surface area (TPSA) is 88.9 Å². The Hall–Kier alpha value is -3.22.